The Morgan fingerprint density at radius 3 is 1.93 bits per heavy atom. The summed E-state index contributed by atoms with van der Waals surface area (Å²) >= 11 is 0. The molecule has 1 aliphatic rings. The highest BCUT2D eigenvalue weighted by Gasteiger charge is 2.38. The Bertz CT molecular complexity index is 3400. The average molecular weight is 743 g/mol. The van der Waals surface area contributed by atoms with Gasteiger partial charge in [0, 0.05) is 32.7 Å². The molecule has 9 aromatic carbocycles. The van der Waals surface area contributed by atoms with Crippen molar-refractivity contribution in [2.24, 2.45) is 0 Å². The van der Waals surface area contributed by atoms with Crippen LogP contribution in [0.3, 0.4) is 0 Å². The van der Waals surface area contributed by atoms with Crippen LogP contribution in [0.5, 0.6) is 0 Å². The van der Waals surface area contributed by atoms with Gasteiger partial charge in [-0.2, -0.15) is 0 Å². The Morgan fingerprint density at radius 2 is 1.10 bits per heavy atom. The van der Waals surface area contributed by atoms with E-state index in [0.717, 1.165) is 55.8 Å². The van der Waals surface area contributed by atoms with E-state index in [0.29, 0.717) is 0 Å². The van der Waals surface area contributed by atoms with Crippen LogP contribution in [0.1, 0.15) is 25.0 Å². The Balaban J connectivity index is 1.21. The Hall–Kier alpha value is -7.36. The number of anilines is 3. The third kappa shape index (κ3) is 4.62. The number of fused-ring (bicyclic) bond motifs is 10. The third-order valence-corrected chi connectivity index (χ3v) is 12.6. The van der Waals surface area contributed by atoms with E-state index >= 15 is 0 Å². The van der Waals surface area contributed by atoms with Crippen LogP contribution in [-0.2, 0) is 5.41 Å². The predicted octanol–water partition coefficient (Wildman–Crippen LogP) is 15.3. The Labute approximate surface area is 336 Å². The van der Waals surface area contributed by atoms with Crippen molar-refractivity contribution in [3.63, 3.8) is 0 Å². The van der Waals surface area contributed by atoms with Crippen LogP contribution < -0.4 is 4.90 Å². The lowest BCUT2D eigenvalue weighted by atomic mass is 9.82. The van der Waals surface area contributed by atoms with E-state index in [9.17, 15) is 0 Å². The molecule has 0 fully saturated rings. The molecule has 58 heavy (non-hydrogen) atoms. The standard InChI is InChI=1S/C55H38N2O/c1-55(2)43-22-9-5-20-41(43)52-44(55)23-15-28-49(52)57(48-27-13-12-26-47(48)56-45-24-10-6-18-39(45)40-19-7-11-25-46(40)56)50-33-32-38(37-31-30-35-16-3-4-17-36(35)34-37)54-53(50)42-21-8-14-29-51(42)58-54/h3-34H,1-2H3. The molecule has 12 rings (SSSR count). The van der Waals surface area contributed by atoms with Crippen molar-refractivity contribution in [3.05, 3.63) is 205 Å². The highest BCUT2D eigenvalue weighted by Crippen LogP contribution is 2.56. The Kier molecular flexibility index (Phi) is 6.98. The molecule has 0 spiro atoms. The first-order valence-electron chi connectivity index (χ1n) is 20.1. The maximum Gasteiger partial charge on any atom is 0.145 e. The van der Waals surface area contributed by atoms with Gasteiger partial charge in [-0.05, 0) is 87.6 Å². The summed E-state index contributed by atoms with van der Waals surface area (Å²) in [5.74, 6) is 0. The van der Waals surface area contributed by atoms with Crippen molar-refractivity contribution in [1.82, 2.24) is 4.57 Å². The zero-order valence-corrected chi connectivity index (χ0v) is 32.3. The molecule has 0 amide bonds. The monoisotopic (exact) mass is 742 g/mol. The van der Waals surface area contributed by atoms with Crippen LogP contribution in [0.2, 0.25) is 0 Å². The number of furan rings is 1. The lowest BCUT2D eigenvalue weighted by molar-refractivity contribution is 0.660. The van der Waals surface area contributed by atoms with Crippen LogP contribution in [-0.4, -0.2) is 4.57 Å². The summed E-state index contributed by atoms with van der Waals surface area (Å²) in [6, 6.07) is 70.6. The van der Waals surface area contributed by atoms with Gasteiger partial charge >= 0.3 is 0 Å². The molecule has 2 heterocycles. The smallest absolute Gasteiger partial charge is 0.145 e. The first-order valence-corrected chi connectivity index (χ1v) is 20.1. The summed E-state index contributed by atoms with van der Waals surface area (Å²) in [5, 5.41) is 7.07. The summed E-state index contributed by atoms with van der Waals surface area (Å²) in [6.07, 6.45) is 0. The van der Waals surface area contributed by atoms with Gasteiger partial charge in [-0.1, -0.05) is 153 Å². The summed E-state index contributed by atoms with van der Waals surface area (Å²) < 4.78 is 9.43. The normalized spacial score (nSPS) is 13.1. The summed E-state index contributed by atoms with van der Waals surface area (Å²) in [7, 11) is 0. The van der Waals surface area contributed by atoms with Crippen molar-refractivity contribution in [2.45, 2.75) is 19.3 Å². The minimum Gasteiger partial charge on any atom is -0.455 e. The molecule has 0 atom stereocenters. The van der Waals surface area contributed by atoms with Crippen LogP contribution in [0.15, 0.2) is 199 Å². The fourth-order valence-corrected chi connectivity index (χ4v) is 9.92. The quantitative estimate of drug-likeness (QED) is 0.175. The van der Waals surface area contributed by atoms with Gasteiger partial charge in [-0.15, -0.1) is 0 Å². The molecule has 1 aliphatic carbocycles. The topological polar surface area (TPSA) is 21.3 Å². The van der Waals surface area contributed by atoms with Gasteiger partial charge in [0.15, 0.2) is 0 Å². The van der Waals surface area contributed by atoms with Gasteiger partial charge in [0.05, 0.1) is 39.2 Å². The van der Waals surface area contributed by atoms with Crippen LogP contribution in [0.4, 0.5) is 17.1 Å². The molecule has 3 nitrogen and oxygen atoms in total. The van der Waals surface area contributed by atoms with Crippen LogP contribution in [0, 0.1) is 0 Å². The number of benzene rings is 9. The number of rotatable bonds is 5. The lowest BCUT2D eigenvalue weighted by Gasteiger charge is -2.31. The van der Waals surface area contributed by atoms with E-state index in [1.165, 1.54) is 54.8 Å². The SMILES string of the molecule is CC1(C)c2ccccc2-c2c(N(c3ccccc3-n3c4ccccc4c4ccccc43)c3ccc(-c4ccc5ccccc5c4)c4oc5ccccc5c34)cccc21. The molecule has 274 valence electrons. The van der Waals surface area contributed by atoms with Crippen molar-refractivity contribution < 1.29 is 4.42 Å². The zero-order chi connectivity index (χ0) is 38.5. The van der Waals surface area contributed by atoms with E-state index in [1.807, 2.05) is 0 Å². The zero-order valence-electron chi connectivity index (χ0n) is 32.3. The molecule has 0 radical (unpaired) electrons. The van der Waals surface area contributed by atoms with Crippen molar-refractivity contribution in [3.8, 4) is 27.9 Å². The van der Waals surface area contributed by atoms with E-state index < -0.39 is 0 Å². The van der Waals surface area contributed by atoms with E-state index in [4.69, 9.17) is 4.42 Å². The van der Waals surface area contributed by atoms with Crippen molar-refractivity contribution >= 4 is 71.6 Å². The van der Waals surface area contributed by atoms with E-state index in [-0.39, 0.29) is 5.41 Å². The molecule has 0 bridgehead atoms. The maximum atomic E-state index is 6.98. The molecular formula is C55H38N2O. The molecule has 0 unspecified atom stereocenters. The molecule has 11 aromatic rings. The number of hydrogen-bond donors (Lipinski definition) is 0. The molecule has 2 aromatic heterocycles. The second kappa shape index (κ2) is 12.3. The summed E-state index contributed by atoms with van der Waals surface area (Å²) in [5.41, 5.74) is 15.7. The minimum atomic E-state index is -0.169. The lowest BCUT2D eigenvalue weighted by Crippen LogP contribution is -2.17. The van der Waals surface area contributed by atoms with Crippen LogP contribution in [0.25, 0.3) is 82.5 Å². The second-order valence-corrected chi connectivity index (χ2v) is 16.1. The van der Waals surface area contributed by atoms with E-state index in [2.05, 4.69) is 217 Å². The van der Waals surface area contributed by atoms with Gasteiger partial charge in [0.1, 0.15) is 11.2 Å². The van der Waals surface area contributed by atoms with Crippen LogP contribution >= 0.6 is 0 Å². The molecule has 3 heteroatoms. The highest BCUT2D eigenvalue weighted by molar-refractivity contribution is 6.18. The molecule has 0 saturated carbocycles. The minimum absolute atomic E-state index is 0.169. The van der Waals surface area contributed by atoms with Gasteiger partial charge in [0.2, 0.25) is 0 Å². The first-order chi connectivity index (χ1) is 28.6. The number of hydrogen-bond acceptors (Lipinski definition) is 2. The van der Waals surface area contributed by atoms with Crippen molar-refractivity contribution in [1.29, 1.82) is 0 Å². The summed E-state index contributed by atoms with van der Waals surface area (Å²) in [6.45, 7) is 4.72. The molecule has 0 N–H and O–H groups in total. The third-order valence-electron chi connectivity index (χ3n) is 12.6. The van der Waals surface area contributed by atoms with Gasteiger partial charge < -0.3 is 13.9 Å². The number of para-hydroxylation sites is 5. The predicted molar refractivity (Wildman–Crippen MR) is 243 cm³/mol. The fraction of sp³-hybridized carbons (Fsp3) is 0.0545. The number of nitrogens with zero attached hydrogens (tertiary/aromatic N) is 2. The number of aromatic nitrogens is 1. The summed E-state index contributed by atoms with van der Waals surface area (Å²) in [4.78, 5) is 2.52. The second-order valence-electron chi connectivity index (χ2n) is 16.1. The highest BCUT2D eigenvalue weighted by atomic mass is 16.3. The first kappa shape index (κ1) is 32.8. The molecular weight excluding hydrogens is 705 g/mol. The average Bonchev–Trinajstić information content (AvgIpc) is 3.90. The maximum absolute atomic E-state index is 6.98. The van der Waals surface area contributed by atoms with Gasteiger partial charge in [0.25, 0.3) is 0 Å². The molecule has 0 saturated heterocycles. The fourth-order valence-electron chi connectivity index (χ4n) is 9.92. The largest absolute Gasteiger partial charge is 0.455 e. The Morgan fingerprint density at radius 1 is 0.466 bits per heavy atom. The van der Waals surface area contributed by atoms with Gasteiger partial charge in [-0.3, -0.25) is 0 Å². The van der Waals surface area contributed by atoms with Crippen molar-refractivity contribution in [2.75, 3.05) is 4.90 Å². The van der Waals surface area contributed by atoms with E-state index in [1.54, 1.807) is 0 Å². The molecule has 0 aliphatic heterocycles. The van der Waals surface area contributed by atoms with Gasteiger partial charge in [-0.25, -0.2) is 0 Å².